The van der Waals surface area contributed by atoms with Crippen LogP contribution >= 0.6 is 23.2 Å². The maximum atomic E-state index is 13.1. The molecule has 0 heterocycles. The van der Waals surface area contributed by atoms with Crippen LogP contribution in [0.25, 0.3) is 10.8 Å². The van der Waals surface area contributed by atoms with Gasteiger partial charge >= 0.3 is 0 Å². The summed E-state index contributed by atoms with van der Waals surface area (Å²) in [6.45, 7) is 0. The third-order valence-corrected chi connectivity index (χ3v) is 7.27. The molecule has 0 fully saturated rings. The number of halogens is 2. The number of benzene rings is 4. The van der Waals surface area contributed by atoms with Crippen LogP contribution in [-0.2, 0) is 16.4 Å². The van der Waals surface area contributed by atoms with Crippen molar-refractivity contribution >= 4 is 61.4 Å². The molecule has 178 valence electrons. The van der Waals surface area contributed by atoms with Crippen molar-refractivity contribution in [3.8, 4) is 0 Å². The summed E-state index contributed by atoms with van der Waals surface area (Å²) in [4.78, 5) is 24.2. The Balaban J connectivity index is 1.59. The number of Topliss-reactive ketones (excluding diaryl/α,β-unsaturated/α-hetero) is 1. The quantitative estimate of drug-likeness (QED) is 0.280. The van der Waals surface area contributed by atoms with E-state index in [0.29, 0.717) is 34.0 Å². The monoisotopic (exact) mass is 526 g/mol. The third-order valence-electron chi connectivity index (χ3n) is 5.49. The SMILES string of the molecule is NC(=O)c1ccc(CCC(=O)c2cccc3c(NS(=O)(=O)c4cc(Cl)cc(Cl)c4)cccc23)cc1. The Labute approximate surface area is 212 Å². The lowest BCUT2D eigenvalue weighted by Gasteiger charge is -2.13. The summed E-state index contributed by atoms with van der Waals surface area (Å²) in [6, 6.07) is 21.1. The van der Waals surface area contributed by atoms with Crippen LogP contribution in [0.2, 0.25) is 10.0 Å². The maximum absolute atomic E-state index is 13.1. The van der Waals surface area contributed by atoms with Gasteiger partial charge in [-0.05, 0) is 53.8 Å². The minimum atomic E-state index is -3.98. The van der Waals surface area contributed by atoms with Crippen molar-refractivity contribution in [2.24, 2.45) is 5.73 Å². The Morgan fingerprint density at radius 3 is 2.11 bits per heavy atom. The number of aryl methyl sites for hydroxylation is 1. The van der Waals surface area contributed by atoms with Gasteiger partial charge in [0.2, 0.25) is 5.91 Å². The minimum Gasteiger partial charge on any atom is -0.366 e. The molecular formula is C26H20Cl2N2O4S. The number of primary amides is 1. The van der Waals surface area contributed by atoms with Gasteiger partial charge in [-0.15, -0.1) is 0 Å². The minimum absolute atomic E-state index is 0.0680. The fraction of sp³-hybridized carbons (Fsp3) is 0.0769. The van der Waals surface area contributed by atoms with E-state index < -0.39 is 15.9 Å². The Hall–Kier alpha value is -3.39. The second-order valence-corrected chi connectivity index (χ2v) is 10.5. The second-order valence-electron chi connectivity index (χ2n) is 7.90. The number of ketones is 1. The molecule has 6 nitrogen and oxygen atoms in total. The third kappa shape index (κ3) is 5.65. The number of fused-ring (bicyclic) bond motifs is 1. The molecule has 0 aliphatic rings. The van der Waals surface area contributed by atoms with E-state index in [1.165, 1.54) is 18.2 Å². The first-order valence-corrected chi connectivity index (χ1v) is 12.8. The Morgan fingerprint density at radius 2 is 1.46 bits per heavy atom. The highest BCUT2D eigenvalue weighted by Crippen LogP contribution is 2.30. The van der Waals surface area contributed by atoms with Gasteiger partial charge < -0.3 is 5.73 Å². The van der Waals surface area contributed by atoms with Gasteiger partial charge in [0.25, 0.3) is 10.0 Å². The van der Waals surface area contributed by atoms with Crippen LogP contribution in [0.4, 0.5) is 5.69 Å². The zero-order chi connectivity index (χ0) is 25.2. The molecule has 4 aromatic rings. The average molecular weight is 527 g/mol. The number of sulfonamides is 1. The summed E-state index contributed by atoms with van der Waals surface area (Å²) >= 11 is 11.9. The molecule has 4 aromatic carbocycles. The lowest BCUT2D eigenvalue weighted by atomic mass is 9.96. The molecule has 1 amide bonds. The van der Waals surface area contributed by atoms with Crippen LogP contribution in [0.3, 0.4) is 0 Å². The largest absolute Gasteiger partial charge is 0.366 e. The fourth-order valence-corrected chi connectivity index (χ4v) is 5.56. The number of amides is 1. The van der Waals surface area contributed by atoms with Crippen molar-refractivity contribution in [3.05, 3.63) is 106 Å². The number of carbonyl (C=O) groups is 2. The zero-order valence-corrected chi connectivity index (χ0v) is 20.6. The molecule has 9 heteroatoms. The Morgan fingerprint density at radius 1 is 0.829 bits per heavy atom. The molecule has 35 heavy (non-hydrogen) atoms. The van der Waals surface area contributed by atoms with Crippen LogP contribution in [0.1, 0.15) is 32.7 Å². The van der Waals surface area contributed by atoms with Crippen molar-refractivity contribution in [2.45, 2.75) is 17.7 Å². The summed E-state index contributed by atoms with van der Waals surface area (Å²) in [5, 5.41) is 1.62. The van der Waals surface area contributed by atoms with Gasteiger partial charge in [0.15, 0.2) is 5.78 Å². The Kier molecular flexibility index (Phi) is 7.12. The van der Waals surface area contributed by atoms with E-state index in [2.05, 4.69) is 4.72 Å². The first kappa shape index (κ1) is 24.7. The molecule has 0 radical (unpaired) electrons. The number of carbonyl (C=O) groups excluding carboxylic acids is 2. The molecule has 0 unspecified atom stereocenters. The van der Waals surface area contributed by atoms with Crippen molar-refractivity contribution in [2.75, 3.05) is 4.72 Å². The van der Waals surface area contributed by atoms with Crippen LogP contribution in [-0.4, -0.2) is 20.1 Å². The van der Waals surface area contributed by atoms with Crippen molar-refractivity contribution in [3.63, 3.8) is 0 Å². The lowest BCUT2D eigenvalue weighted by Crippen LogP contribution is -2.13. The van der Waals surface area contributed by atoms with Gasteiger partial charge in [-0.2, -0.15) is 0 Å². The van der Waals surface area contributed by atoms with Crippen LogP contribution in [0.15, 0.2) is 83.8 Å². The van der Waals surface area contributed by atoms with E-state index in [-0.39, 0.29) is 27.1 Å². The number of hydrogen-bond donors (Lipinski definition) is 2. The topological polar surface area (TPSA) is 106 Å². The molecule has 0 atom stereocenters. The van der Waals surface area contributed by atoms with Crippen LogP contribution < -0.4 is 10.5 Å². The molecular weight excluding hydrogens is 507 g/mol. The predicted molar refractivity (Wildman–Crippen MR) is 139 cm³/mol. The molecule has 0 spiro atoms. The summed E-state index contributed by atoms with van der Waals surface area (Å²) in [5.41, 5.74) is 7.39. The number of anilines is 1. The van der Waals surface area contributed by atoms with Gasteiger partial charge in [-0.25, -0.2) is 8.42 Å². The molecule has 4 rings (SSSR count). The second kappa shape index (κ2) is 10.1. The van der Waals surface area contributed by atoms with Gasteiger partial charge in [0, 0.05) is 33.0 Å². The molecule has 0 aliphatic carbocycles. The molecule has 0 bridgehead atoms. The molecule has 0 saturated carbocycles. The summed E-state index contributed by atoms with van der Waals surface area (Å²) in [7, 11) is -3.98. The maximum Gasteiger partial charge on any atom is 0.262 e. The lowest BCUT2D eigenvalue weighted by molar-refractivity contribution is 0.0980. The summed E-state index contributed by atoms with van der Waals surface area (Å²) in [6.07, 6.45) is 0.724. The Bertz CT molecular complexity index is 1530. The smallest absolute Gasteiger partial charge is 0.262 e. The van der Waals surface area contributed by atoms with E-state index in [1.54, 1.807) is 60.7 Å². The van der Waals surface area contributed by atoms with E-state index in [4.69, 9.17) is 28.9 Å². The van der Waals surface area contributed by atoms with Crippen molar-refractivity contribution < 1.29 is 18.0 Å². The first-order valence-electron chi connectivity index (χ1n) is 10.6. The summed E-state index contributed by atoms with van der Waals surface area (Å²) < 4.78 is 28.5. The van der Waals surface area contributed by atoms with E-state index in [9.17, 15) is 18.0 Å². The zero-order valence-electron chi connectivity index (χ0n) is 18.3. The number of nitrogens with one attached hydrogen (secondary N) is 1. The van der Waals surface area contributed by atoms with Gasteiger partial charge in [0.05, 0.1) is 10.6 Å². The first-order chi connectivity index (χ1) is 16.6. The van der Waals surface area contributed by atoms with E-state index in [1.807, 2.05) is 0 Å². The standard InChI is InChI=1S/C26H20Cl2N2O4S/c27-18-13-19(28)15-20(14-18)35(33,34)30-24-6-2-3-21-22(24)4-1-5-23(21)25(31)12-9-16-7-10-17(11-8-16)26(29)32/h1-8,10-11,13-15,30H,9,12H2,(H2,29,32). The average Bonchev–Trinajstić information content (AvgIpc) is 2.82. The number of rotatable bonds is 8. The number of hydrogen-bond acceptors (Lipinski definition) is 4. The molecule has 0 aliphatic heterocycles. The highest BCUT2D eigenvalue weighted by Gasteiger charge is 2.18. The molecule has 0 saturated heterocycles. The van der Waals surface area contributed by atoms with Crippen molar-refractivity contribution in [1.29, 1.82) is 0 Å². The summed E-state index contributed by atoms with van der Waals surface area (Å²) in [5.74, 6) is -0.593. The van der Waals surface area contributed by atoms with Gasteiger partial charge in [-0.1, -0.05) is 65.7 Å². The highest BCUT2D eigenvalue weighted by atomic mass is 35.5. The van der Waals surface area contributed by atoms with Gasteiger partial charge in [0.1, 0.15) is 0 Å². The normalized spacial score (nSPS) is 11.4. The molecule has 0 aromatic heterocycles. The van der Waals surface area contributed by atoms with Crippen molar-refractivity contribution in [1.82, 2.24) is 0 Å². The highest BCUT2D eigenvalue weighted by molar-refractivity contribution is 7.92. The predicted octanol–water partition coefficient (Wildman–Crippen LogP) is 5.86. The van der Waals surface area contributed by atoms with Gasteiger partial charge in [-0.3, -0.25) is 14.3 Å². The van der Waals surface area contributed by atoms with E-state index >= 15 is 0 Å². The molecule has 3 N–H and O–H groups in total. The number of nitrogens with two attached hydrogens (primary N) is 1. The van der Waals surface area contributed by atoms with Crippen LogP contribution in [0, 0.1) is 0 Å². The fourth-order valence-electron chi connectivity index (χ4n) is 3.76. The van der Waals surface area contributed by atoms with Crippen LogP contribution in [0.5, 0.6) is 0 Å². The van der Waals surface area contributed by atoms with E-state index in [0.717, 1.165) is 5.56 Å².